The Labute approximate surface area is 288 Å². The van der Waals surface area contributed by atoms with E-state index in [1.807, 2.05) is 18.2 Å². The number of fused-ring (bicyclic) bond motifs is 13. The van der Waals surface area contributed by atoms with Crippen molar-refractivity contribution in [3.63, 3.8) is 0 Å². The van der Waals surface area contributed by atoms with E-state index in [0.717, 1.165) is 76.9 Å². The summed E-state index contributed by atoms with van der Waals surface area (Å²) in [7, 11) is 0. The molecule has 0 atom stereocenters. The molecule has 50 heavy (non-hydrogen) atoms. The molecule has 0 fully saturated rings. The van der Waals surface area contributed by atoms with Crippen molar-refractivity contribution in [2.75, 3.05) is 0 Å². The molecule has 0 saturated carbocycles. The molecule has 12 aromatic rings. The van der Waals surface area contributed by atoms with Crippen molar-refractivity contribution in [3.05, 3.63) is 145 Å². The van der Waals surface area contributed by atoms with Gasteiger partial charge in [0.2, 0.25) is 0 Å². The molecule has 0 saturated heterocycles. The second kappa shape index (κ2) is 9.63. The third-order valence-corrected chi connectivity index (χ3v) is 11.5. The molecule has 4 aromatic heterocycles. The van der Waals surface area contributed by atoms with Gasteiger partial charge < -0.3 is 13.3 Å². The van der Waals surface area contributed by atoms with Gasteiger partial charge in [0.05, 0.1) is 4.70 Å². The maximum Gasteiger partial charge on any atom is 0.153 e. The van der Waals surface area contributed by atoms with Crippen molar-refractivity contribution in [2.45, 2.75) is 0 Å². The monoisotopic (exact) mass is 656 g/mol. The first kappa shape index (κ1) is 26.6. The van der Waals surface area contributed by atoms with Crippen molar-refractivity contribution >= 4 is 109 Å². The average Bonchev–Trinajstić information content (AvgIpc) is 3.94. The molecule has 0 aliphatic heterocycles. The highest BCUT2D eigenvalue weighted by Gasteiger charge is 2.20. The lowest BCUT2D eigenvalue weighted by atomic mass is 9.85. The first-order valence-corrected chi connectivity index (χ1v) is 17.7. The molecule has 12 rings (SSSR count). The van der Waals surface area contributed by atoms with Gasteiger partial charge in [0.15, 0.2) is 5.58 Å². The fourth-order valence-corrected chi connectivity index (χ4v) is 9.20. The summed E-state index contributed by atoms with van der Waals surface area (Å²) in [6.45, 7) is 0. The normalized spacial score (nSPS) is 12.4. The zero-order valence-corrected chi connectivity index (χ0v) is 27.3. The van der Waals surface area contributed by atoms with Crippen molar-refractivity contribution in [3.8, 4) is 22.3 Å². The summed E-state index contributed by atoms with van der Waals surface area (Å²) in [5, 5.41) is 14.8. The molecule has 0 N–H and O–H groups in total. The van der Waals surface area contributed by atoms with Gasteiger partial charge in [0.1, 0.15) is 27.9 Å². The van der Waals surface area contributed by atoms with E-state index in [4.69, 9.17) is 13.3 Å². The third-order valence-electron chi connectivity index (χ3n) is 10.5. The standard InChI is InChI=1S/C46H24O3S/c1-3-10-32-30(8-1)43(26-15-18-39-35(21-26)37-24-41-36(23-42(37)48-39)28-7-5-6-12-38(28)47-41)31-9-2-4-11-33(31)44(32)27-14-16-29-34-17-13-25-19-20-50-46(25)45(34)49-40(29)22-27/h1-24H. The summed E-state index contributed by atoms with van der Waals surface area (Å²) < 4.78 is 20.5. The fourth-order valence-electron chi connectivity index (χ4n) is 8.31. The average molecular weight is 657 g/mol. The minimum absolute atomic E-state index is 0.863. The molecule has 0 radical (unpaired) electrons. The van der Waals surface area contributed by atoms with Gasteiger partial charge in [-0.2, -0.15) is 0 Å². The molecule has 0 aliphatic carbocycles. The van der Waals surface area contributed by atoms with Crippen molar-refractivity contribution < 1.29 is 13.3 Å². The molecule has 8 aromatic carbocycles. The molecule has 4 heteroatoms. The number of rotatable bonds is 2. The van der Waals surface area contributed by atoms with Gasteiger partial charge in [0, 0.05) is 32.3 Å². The SMILES string of the molecule is c1ccc2c(c1)oc1cc3c(cc12)oc1ccc(-c2c4ccccc4c(-c4ccc5c(c4)oc4c5ccc5ccsc54)c4ccccc24)cc13. The summed E-state index contributed by atoms with van der Waals surface area (Å²) in [4.78, 5) is 0. The highest BCUT2D eigenvalue weighted by Crippen LogP contribution is 2.46. The van der Waals surface area contributed by atoms with E-state index < -0.39 is 0 Å². The first-order chi connectivity index (χ1) is 24.8. The van der Waals surface area contributed by atoms with Gasteiger partial charge in [-0.3, -0.25) is 0 Å². The molecule has 0 amide bonds. The number of hydrogen-bond acceptors (Lipinski definition) is 4. The molecule has 0 spiro atoms. The Balaban J connectivity index is 1.11. The molecule has 3 nitrogen and oxygen atoms in total. The van der Waals surface area contributed by atoms with Crippen LogP contribution in [0.4, 0.5) is 0 Å². The molecule has 0 aliphatic rings. The van der Waals surface area contributed by atoms with Crippen LogP contribution in [0.25, 0.3) is 120 Å². The van der Waals surface area contributed by atoms with Crippen LogP contribution in [-0.2, 0) is 0 Å². The van der Waals surface area contributed by atoms with Gasteiger partial charge in [-0.1, -0.05) is 84.9 Å². The summed E-state index contributed by atoms with van der Waals surface area (Å²) in [5.41, 5.74) is 10.1. The summed E-state index contributed by atoms with van der Waals surface area (Å²) >= 11 is 1.73. The molecular formula is C46H24O3S. The summed E-state index contributed by atoms with van der Waals surface area (Å²) in [6, 6.07) is 49.9. The van der Waals surface area contributed by atoms with Crippen LogP contribution < -0.4 is 0 Å². The quantitative estimate of drug-likeness (QED) is 0.174. The number of para-hydroxylation sites is 1. The van der Waals surface area contributed by atoms with Crippen molar-refractivity contribution in [1.29, 1.82) is 0 Å². The van der Waals surface area contributed by atoms with Crippen LogP contribution in [0, 0.1) is 0 Å². The van der Waals surface area contributed by atoms with Gasteiger partial charge in [0.25, 0.3) is 0 Å². The van der Waals surface area contributed by atoms with E-state index in [0.29, 0.717) is 0 Å². The maximum absolute atomic E-state index is 6.61. The smallest absolute Gasteiger partial charge is 0.153 e. The van der Waals surface area contributed by atoms with Crippen molar-refractivity contribution in [1.82, 2.24) is 0 Å². The van der Waals surface area contributed by atoms with Gasteiger partial charge in [-0.15, -0.1) is 11.3 Å². The van der Waals surface area contributed by atoms with Crippen molar-refractivity contribution in [2.24, 2.45) is 0 Å². The van der Waals surface area contributed by atoms with Crippen LogP contribution in [0.3, 0.4) is 0 Å². The molecule has 0 bridgehead atoms. The van der Waals surface area contributed by atoms with Crippen LogP contribution in [0.1, 0.15) is 0 Å². The van der Waals surface area contributed by atoms with Gasteiger partial charge >= 0.3 is 0 Å². The Bertz CT molecular complexity index is 3330. The lowest BCUT2D eigenvalue weighted by Gasteiger charge is -2.17. The van der Waals surface area contributed by atoms with E-state index in [1.54, 1.807) is 11.3 Å². The Morgan fingerprint density at radius 3 is 1.58 bits per heavy atom. The van der Waals surface area contributed by atoms with Crippen LogP contribution in [-0.4, -0.2) is 0 Å². The van der Waals surface area contributed by atoms with Crippen LogP contribution >= 0.6 is 11.3 Å². The van der Waals surface area contributed by atoms with Gasteiger partial charge in [-0.25, -0.2) is 0 Å². The zero-order valence-electron chi connectivity index (χ0n) is 26.5. The number of thiophene rings is 1. The second-order valence-corrected chi connectivity index (χ2v) is 14.1. The number of hydrogen-bond donors (Lipinski definition) is 0. The van der Waals surface area contributed by atoms with E-state index in [-0.39, 0.29) is 0 Å². The minimum atomic E-state index is 0.863. The van der Waals surface area contributed by atoms with E-state index in [2.05, 4.69) is 127 Å². The van der Waals surface area contributed by atoms with E-state index >= 15 is 0 Å². The fraction of sp³-hybridized carbons (Fsp3) is 0. The lowest BCUT2D eigenvalue weighted by molar-refractivity contribution is 0.664. The van der Waals surface area contributed by atoms with Crippen LogP contribution in [0.5, 0.6) is 0 Å². The van der Waals surface area contributed by atoms with E-state index in [1.165, 1.54) is 42.8 Å². The first-order valence-electron chi connectivity index (χ1n) is 16.8. The summed E-state index contributed by atoms with van der Waals surface area (Å²) in [5.74, 6) is 0. The molecule has 0 unspecified atom stereocenters. The Kier molecular flexibility index (Phi) is 5.12. The minimum Gasteiger partial charge on any atom is -0.456 e. The topological polar surface area (TPSA) is 39.4 Å². The molecular weight excluding hydrogens is 633 g/mol. The Morgan fingerprint density at radius 2 is 0.860 bits per heavy atom. The number of furan rings is 3. The zero-order chi connectivity index (χ0) is 32.5. The van der Waals surface area contributed by atoms with Gasteiger partial charge in [-0.05, 0) is 109 Å². The second-order valence-electron chi connectivity index (χ2n) is 13.2. The third kappa shape index (κ3) is 3.53. The Hall–Kier alpha value is -6.36. The molecule has 232 valence electrons. The number of benzene rings is 8. The summed E-state index contributed by atoms with van der Waals surface area (Å²) in [6.07, 6.45) is 0. The van der Waals surface area contributed by atoms with E-state index in [9.17, 15) is 0 Å². The Morgan fingerprint density at radius 1 is 0.340 bits per heavy atom. The predicted molar refractivity (Wildman–Crippen MR) is 210 cm³/mol. The lowest BCUT2D eigenvalue weighted by Crippen LogP contribution is -1.90. The maximum atomic E-state index is 6.61. The highest BCUT2D eigenvalue weighted by atomic mass is 32.1. The van der Waals surface area contributed by atoms with Crippen LogP contribution in [0.15, 0.2) is 158 Å². The largest absolute Gasteiger partial charge is 0.456 e. The molecule has 4 heterocycles. The van der Waals surface area contributed by atoms with Crippen LogP contribution in [0.2, 0.25) is 0 Å². The highest BCUT2D eigenvalue weighted by molar-refractivity contribution is 7.18. The predicted octanol–water partition coefficient (Wildman–Crippen LogP) is 14.2.